The monoisotopic (exact) mass is 545 g/mol. The van der Waals surface area contributed by atoms with E-state index in [1.807, 2.05) is 59.1 Å². The number of aryl methyl sites for hydroxylation is 1. The van der Waals surface area contributed by atoms with Crippen LogP contribution < -0.4 is 15.2 Å². The number of amides is 1. The number of carbonyl (C=O) groups is 1. The van der Waals surface area contributed by atoms with Crippen LogP contribution in [-0.2, 0) is 4.74 Å². The summed E-state index contributed by atoms with van der Waals surface area (Å²) in [4.78, 5) is 39.5. The van der Waals surface area contributed by atoms with Gasteiger partial charge in [0.1, 0.15) is 27.7 Å². The summed E-state index contributed by atoms with van der Waals surface area (Å²) < 4.78 is 9.04. The third kappa shape index (κ3) is 4.12. The first-order valence-electron chi connectivity index (χ1n) is 12.4. The summed E-state index contributed by atoms with van der Waals surface area (Å²) in [5, 5.41) is 1.40. The molecule has 1 saturated heterocycles. The van der Waals surface area contributed by atoms with E-state index in [4.69, 9.17) is 27.9 Å². The molecule has 0 aliphatic carbocycles. The summed E-state index contributed by atoms with van der Waals surface area (Å²) >= 11 is 13.4. The first kappa shape index (κ1) is 25.7. The van der Waals surface area contributed by atoms with Gasteiger partial charge in [0, 0.05) is 36.9 Å². The molecular weight excluding hydrogens is 515 g/mol. The van der Waals surface area contributed by atoms with Gasteiger partial charge in [-0.3, -0.25) is 4.98 Å². The molecule has 3 atom stereocenters. The molecule has 0 N–H and O–H groups in total. The van der Waals surface area contributed by atoms with Gasteiger partial charge in [0.05, 0.1) is 0 Å². The van der Waals surface area contributed by atoms with Gasteiger partial charge >= 0.3 is 17.4 Å². The maximum Gasteiger partial charge on any atom is 0.442 e. The second-order valence-corrected chi connectivity index (χ2v) is 11.7. The summed E-state index contributed by atoms with van der Waals surface area (Å²) in [6.07, 6.45) is 1.38. The van der Waals surface area contributed by atoms with Gasteiger partial charge in [0.2, 0.25) is 5.15 Å². The number of fused-ring (bicyclic) bond motifs is 2. The third-order valence-electron chi connectivity index (χ3n) is 6.97. The van der Waals surface area contributed by atoms with Crippen LogP contribution in [0.5, 0.6) is 0 Å². The average molecular weight is 546 g/mol. The van der Waals surface area contributed by atoms with E-state index in [1.54, 1.807) is 21.7 Å². The van der Waals surface area contributed by atoms with Crippen LogP contribution in [0.2, 0.25) is 10.2 Å². The minimum absolute atomic E-state index is 0.138. The topological polar surface area (TPSA) is 84.4 Å². The van der Waals surface area contributed by atoms with Crippen molar-refractivity contribution >= 4 is 46.1 Å². The van der Waals surface area contributed by atoms with Gasteiger partial charge < -0.3 is 14.5 Å². The largest absolute Gasteiger partial charge is 0.444 e. The van der Waals surface area contributed by atoms with Crippen molar-refractivity contribution in [2.45, 2.75) is 72.2 Å². The molecule has 11 heteroatoms. The van der Waals surface area contributed by atoms with Crippen LogP contribution in [0.25, 0.3) is 16.7 Å². The molecule has 196 valence electrons. The van der Waals surface area contributed by atoms with Crippen molar-refractivity contribution in [3.8, 4) is 5.69 Å². The van der Waals surface area contributed by atoms with Crippen LogP contribution in [0.15, 0.2) is 23.1 Å². The fourth-order valence-corrected chi connectivity index (χ4v) is 6.01. The maximum absolute atomic E-state index is 13.7. The summed E-state index contributed by atoms with van der Waals surface area (Å²) in [6, 6.07) is 3.13. The highest BCUT2D eigenvalue weighted by atomic mass is 35.5. The summed E-state index contributed by atoms with van der Waals surface area (Å²) in [7, 11) is 0. The molecule has 2 aliphatic heterocycles. The van der Waals surface area contributed by atoms with Crippen LogP contribution in [-0.4, -0.2) is 56.3 Å². The third-order valence-corrected chi connectivity index (χ3v) is 7.74. The average Bonchev–Trinajstić information content (AvgIpc) is 2.79. The Morgan fingerprint density at radius 3 is 2.43 bits per heavy atom. The van der Waals surface area contributed by atoms with Crippen LogP contribution in [0.4, 0.5) is 10.6 Å². The number of pyridine rings is 2. The molecule has 1 unspecified atom stereocenters. The Hall–Kier alpha value is -2.91. The molecule has 0 bridgehead atoms. The van der Waals surface area contributed by atoms with Crippen LogP contribution in [0.3, 0.4) is 0 Å². The normalized spacial score (nSPS) is 21.3. The molecule has 37 heavy (non-hydrogen) atoms. The number of hydrogen-bond acceptors (Lipinski definition) is 6. The van der Waals surface area contributed by atoms with Crippen molar-refractivity contribution < 1.29 is 14.1 Å². The van der Waals surface area contributed by atoms with E-state index in [2.05, 4.69) is 14.9 Å². The number of halogens is 2. The lowest BCUT2D eigenvalue weighted by Gasteiger charge is -2.45. The minimum Gasteiger partial charge on any atom is -0.444 e. The van der Waals surface area contributed by atoms with Gasteiger partial charge in [-0.15, -0.1) is 4.57 Å². The van der Waals surface area contributed by atoms with Crippen molar-refractivity contribution in [3.05, 3.63) is 50.2 Å². The lowest BCUT2D eigenvalue weighted by Crippen LogP contribution is -2.59. The first-order chi connectivity index (χ1) is 17.3. The molecule has 1 amide bonds. The molecule has 0 spiro atoms. The maximum atomic E-state index is 13.7. The molecule has 0 radical (unpaired) electrons. The number of carbonyl (C=O) groups excluding carboxylic acids is 1. The van der Waals surface area contributed by atoms with E-state index in [1.165, 1.54) is 0 Å². The molecular formula is C26H31Cl2N6O3+. The molecule has 0 saturated carbocycles. The van der Waals surface area contributed by atoms with Crippen LogP contribution in [0, 0.1) is 6.92 Å². The number of nitrogens with zero attached hydrogens (tertiary/aromatic N) is 6. The standard InChI is InChI=1S/C26H31Cl2N6O3/c1-13-8-9-29-19-16(4)33-21(28)18(27)10-17-22(30-24(35)34(20(13)19)23(17)33)32-14(2)11-31(12-15(32)3)25(36)37-26(5,6)7/h8-10,14-16H,11-12H2,1-7H3/q+1/t14-,15-,16?/m0/s1. The Morgan fingerprint density at radius 1 is 1.16 bits per heavy atom. The van der Waals surface area contributed by atoms with Gasteiger partial charge in [0.15, 0.2) is 11.5 Å². The highest BCUT2D eigenvalue weighted by molar-refractivity contribution is 6.41. The van der Waals surface area contributed by atoms with E-state index in [0.717, 1.165) is 16.9 Å². The SMILES string of the molecule is Cc1ccnc2c1-n1c(=O)nc(N3[C@@H](C)CN(C(=O)OC(C)(C)C)C[C@@H]3C)c3cc(Cl)c(Cl)[n+](c31)C2C. The van der Waals surface area contributed by atoms with E-state index in [0.29, 0.717) is 40.1 Å². The molecule has 3 aromatic heterocycles. The van der Waals surface area contributed by atoms with Crippen LogP contribution >= 0.6 is 23.2 Å². The molecule has 1 fully saturated rings. The number of hydrogen-bond donors (Lipinski definition) is 0. The van der Waals surface area contributed by atoms with E-state index >= 15 is 0 Å². The summed E-state index contributed by atoms with van der Waals surface area (Å²) in [6.45, 7) is 14.4. The van der Waals surface area contributed by atoms with E-state index in [9.17, 15) is 9.59 Å². The Balaban J connectivity index is 1.69. The van der Waals surface area contributed by atoms with Crippen LogP contribution in [0.1, 0.15) is 58.8 Å². The first-order valence-corrected chi connectivity index (χ1v) is 13.1. The molecule has 5 rings (SSSR count). The van der Waals surface area contributed by atoms with Crippen molar-refractivity contribution in [2.75, 3.05) is 18.0 Å². The predicted octanol–water partition coefficient (Wildman–Crippen LogP) is 4.44. The van der Waals surface area contributed by atoms with E-state index in [-0.39, 0.29) is 24.2 Å². The predicted molar refractivity (Wildman–Crippen MR) is 143 cm³/mol. The molecule has 2 aliphatic rings. The smallest absolute Gasteiger partial charge is 0.442 e. The number of anilines is 1. The van der Waals surface area contributed by atoms with Crippen molar-refractivity contribution in [3.63, 3.8) is 0 Å². The molecule has 0 aromatic carbocycles. The Morgan fingerprint density at radius 2 is 1.81 bits per heavy atom. The van der Waals surface area contributed by atoms with Crippen molar-refractivity contribution in [2.24, 2.45) is 0 Å². The van der Waals surface area contributed by atoms with Gasteiger partial charge in [-0.05, 0) is 72.2 Å². The second-order valence-electron chi connectivity index (χ2n) is 11.0. The highest BCUT2D eigenvalue weighted by Gasteiger charge is 2.41. The molecule has 5 heterocycles. The van der Waals surface area contributed by atoms with Gasteiger partial charge in [-0.25, -0.2) is 14.2 Å². The Bertz CT molecular complexity index is 1490. The second kappa shape index (κ2) is 8.84. The zero-order valence-corrected chi connectivity index (χ0v) is 23.6. The lowest BCUT2D eigenvalue weighted by molar-refractivity contribution is -0.687. The van der Waals surface area contributed by atoms with Gasteiger partial charge in [-0.2, -0.15) is 4.98 Å². The Kier molecular flexibility index (Phi) is 6.15. The Labute approximate surface area is 225 Å². The number of aromatic nitrogens is 4. The zero-order valence-electron chi connectivity index (χ0n) is 22.0. The zero-order chi connectivity index (χ0) is 27.0. The highest BCUT2D eigenvalue weighted by Crippen LogP contribution is 2.37. The van der Waals surface area contributed by atoms with Gasteiger partial charge in [-0.1, -0.05) is 11.6 Å². The number of rotatable bonds is 1. The van der Waals surface area contributed by atoms with Crippen molar-refractivity contribution in [1.29, 1.82) is 0 Å². The lowest BCUT2D eigenvalue weighted by atomic mass is 10.0. The summed E-state index contributed by atoms with van der Waals surface area (Å²) in [5.74, 6) is 0.518. The number of ether oxygens (including phenoxy) is 1. The van der Waals surface area contributed by atoms with Crippen molar-refractivity contribution in [1.82, 2.24) is 19.4 Å². The van der Waals surface area contributed by atoms with E-state index < -0.39 is 11.3 Å². The quantitative estimate of drug-likeness (QED) is 0.332. The fraction of sp³-hybridized carbons (Fsp3) is 0.500. The molecule has 3 aromatic rings. The van der Waals surface area contributed by atoms with Gasteiger partial charge in [0.25, 0.3) is 0 Å². The summed E-state index contributed by atoms with van der Waals surface area (Å²) in [5.41, 5.74) is 1.98. The number of piperazine rings is 1. The minimum atomic E-state index is -0.583. The molecule has 9 nitrogen and oxygen atoms in total. The fourth-order valence-electron chi connectivity index (χ4n) is 5.53.